The second-order valence-corrected chi connectivity index (χ2v) is 9.38. The van der Waals surface area contributed by atoms with Gasteiger partial charge in [-0.25, -0.2) is 4.98 Å². The minimum atomic E-state index is 0.718. The quantitative estimate of drug-likeness (QED) is 0.231. The lowest BCUT2D eigenvalue weighted by atomic mass is 9.93. The van der Waals surface area contributed by atoms with Gasteiger partial charge in [0.15, 0.2) is 0 Å². The maximum atomic E-state index is 6.21. The van der Waals surface area contributed by atoms with Gasteiger partial charge in [-0.05, 0) is 61.6 Å². The molecule has 4 N–H and O–H groups in total. The lowest BCUT2D eigenvalue weighted by Crippen LogP contribution is -2.09. The van der Waals surface area contributed by atoms with Crippen LogP contribution in [0.1, 0.15) is 43.4 Å². The normalized spacial score (nSPS) is 14.0. The van der Waals surface area contributed by atoms with Crippen LogP contribution in [-0.2, 0) is 12.8 Å². The largest absolute Gasteiger partial charge is 0.398 e. The third-order valence-electron chi connectivity index (χ3n) is 6.25. The van der Waals surface area contributed by atoms with Crippen LogP contribution in [0, 0.1) is 0 Å². The van der Waals surface area contributed by atoms with Crippen molar-refractivity contribution < 1.29 is 0 Å². The molecule has 4 nitrogen and oxygen atoms in total. The highest BCUT2D eigenvalue weighted by molar-refractivity contribution is 6.31. The van der Waals surface area contributed by atoms with Crippen molar-refractivity contribution in [3.63, 3.8) is 0 Å². The first-order valence-corrected chi connectivity index (χ1v) is 12.4. The van der Waals surface area contributed by atoms with E-state index in [1.165, 1.54) is 43.4 Å². The number of pyridine rings is 2. The number of nitrogens with zero attached hydrogens (tertiary/aromatic N) is 2. The van der Waals surface area contributed by atoms with Gasteiger partial charge in [-0.1, -0.05) is 67.3 Å². The van der Waals surface area contributed by atoms with Gasteiger partial charge in [0.2, 0.25) is 0 Å². The zero-order chi connectivity index (χ0) is 23.5. The van der Waals surface area contributed by atoms with E-state index in [2.05, 4.69) is 9.97 Å². The number of aryl methyl sites for hydroxylation is 1. The van der Waals surface area contributed by atoms with Gasteiger partial charge >= 0.3 is 0 Å². The summed E-state index contributed by atoms with van der Waals surface area (Å²) < 4.78 is 0. The van der Waals surface area contributed by atoms with Gasteiger partial charge in [0.05, 0.1) is 22.2 Å². The molecular formula is C29H29ClN4. The van der Waals surface area contributed by atoms with Gasteiger partial charge in [0.25, 0.3) is 0 Å². The molecule has 172 valence electrons. The third kappa shape index (κ3) is 4.78. The molecule has 0 atom stereocenters. The Labute approximate surface area is 205 Å². The van der Waals surface area contributed by atoms with Gasteiger partial charge in [-0.2, -0.15) is 0 Å². The van der Waals surface area contributed by atoms with Crippen LogP contribution < -0.4 is 11.5 Å². The molecule has 2 aromatic heterocycles. The molecule has 0 bridgehead atoms. The Hall–Kier alpha value is -3.37. The molecule has 0 radical (unpaired) electrons. The molecule has 0 aliphatic heterocycles. The fourth-order valence-electron chi connectivity index (χ4n) is 4.31. The topological polar surface area (TPSA) is 77.8 Å². The van der Waals surface area contributed by atoms with Gasteiger partial charge in [-0.3, -0.25) is 4.98 Å². The zero-order valence-electron chi connectivity index (χ0n) is 19.2. The average molecular weight is 469 g/mol. The van der Waals surface area contributed by atoms with Crippen LogP contribution >= 0.6 is 11.6 Å². The predicted octanol–water partition coefficient (Wildman–Crippen LogP) is 7.49. The third-order valence-corrected chi connectivity index (χ3v) is 6.49. The molecular weight excluding hydrogens is 440 g/mol. The van der Waals surface area contributed by atoms with Crippen molar-refractivity contribution in [1.29, 1.82) is 0 Å². The molecule has 3 aromatic carbocycles. The van der Waals surface area contributed by atoms with Crippen LogP contribution in [0.5, 0.6) is 0 Å². The number of hydrogen-bond donors (Lipinski definition) is 2. The monoisotopic (exact) mass is 468 g/mol. The van der Waals surface area contributed by atoms with Gasteiger partial charge in [-0.15, -0.1) is 0 Å². The second kappa shape index (κ2) is 9.86. The molecule has 2 aliphatic carbocycles. The van der Waals surface area contributed by atoms with Crippen molar-refractivity contribution in [2.75, 3.05) is 11.5 Å². The first-order chi connectivity index (χ1) is 16.6. The molecule has 2 heterocycles. The number of aromatic nitrogens is 2. The molecule has 34 heavy (non-hydrogen) atoms. The number of halogens is 1. The van der Waals surface area contributed by atoms with E-state index in [1.807, 2.05) is 66.7 Å². The molecule has 5 aromatic rings. The summed E-state index contributed by atoms with van der Waals surface area (Å²) in [4.78, 5) is 9.23. The van der Waals surface area contributed by atoms with Crippen LogP contribution in [0.25, 0.3) is 32.7 Å². The van der Waals surface area contributed by atoms with E-state index in [4.69, 9.17) is 23.1 Å². The maximum absolute atomic E-state index is 6.21. The Morgan fingerprint density at radius 3 is 1.82 bits per heavy atom. The van der Waals surface area contributed by atoms with Crippen molar-refractivity contribution in [1.82, 2.24) is 9.97 Å². The molecule has 2 aliphatic rings. The fourth-order valence-corrected chi connectivity index (χ4v) is 4.47. The summed E-state index contributed by atoms with van der Waals surface area (Å²) >= 11 is 5.97. The van der Waals surface area contributed by atoms with Crippen LogP contribution in [0.4, 0.5) is 11.4 Å². The van der Waals surface area contributed by atoms with E-state index in [0.717, 1.165) is 61.9 Å². The lowest BCUT2D eigenvalue weighted by molar-refractivity contribution is 0.673. The van der Waals surface area contributed by atoms with Crippen molar-refractivity contribution in [2.45, 2.75) is 44.9 Å². The van der Waals surface area contributed by atoms with Gasteiger partial charge in [0.1, 0.15) is 0 Å². The standard InChI is InChI=1S/C13H13ClN2.C13H10N2.C3H6/c14-8-5-6-10-12(7-8)16-11-4-2-1-3-9(11)13(10)15;14-13-9-5-1-3-7-11(9)15-12-8-4-2-6-10(12)13;1-2-3-1/h5-7H,1-4H2,(H2,15,16);1-8H,(H2,14,15);1-3H2. The summed E-state index contributed by atoms with van der Waals surface area (Å²) in [5.41, 5.74) is 19.3. The molecule has 7 rings (SSSR count). The summed E-state index contributed by atoms with van der Waals surface area (Å²) in [6, 6.07) is 21.6. The number of anilines is 2. The highest BCUT2D eigenvalue weighted by atomic mass is 35.5. The van der Waals surface area contributed by atoms with Gasteiger partial charge < -0.3 is 11.5 Å². The minimum Gasteiger partial charge on any atom is -0.398 e. The maximum Gasteiger partial charge on any atom is 0.0741 e. The van der Waals surface area contributed by atoms with E-state index in [0.29, 0.717) is 0 Å². The Morgan fingerprint density at radius 1 is 0.588 bits per heavy atom. The number of rotatable bonds is 0. The van der Waals surface area contributed by atoms with Gasteiger partial charge in [0, 0.05) is 32.6 Å². The van der Waals surface area contributed by atoms with E-state index in [-0.39, 0.29) is 0 Å². The van der Waals surface area contributed by atoms with Crippen molar-refractivity contribution >= 4 is 55.7 Å². The molecule has 0 unspecified atom stereocenters. The number of benzene rings is 3. The molecule has 1 saturated carbocycles. The summed E-state index contributed by atoms with van der Waals surface area (Å²) in [5.74, 6) is 0. The second-order valence-electron chi connectivity index (χ2n) is 8.94. The highest BCUT2D eigenvalue weighted by Gasteiger charge is 2.16. The number of hydrogen-bond acceptors (Lipinski definition) is 4. The average Bonchev–Trinajstić information content (AvgIpc) is 3.75. The summed E-state index contributed by atoms with van der Waals surface area (Å²) in [7, 11) is 0. The smallest absolute Gasteiger partial charge is 0.0741 e. The van der Waals surface area contributed by atoms with Crippen LogP contribution in [0.2, 0.25) is 5.02 Å². The highest BCUT2D eigenvalue weighted by Crippen LogP contribution is 2.32. The number of fused-ring (bicyclic) bond motifs is 4. The Bertz CT molecular complexity index is 1420. The molecule has 1 fully saturated rings. The molecule has 0 saturated heterocycles. The van der Waals surface area contributed by atoms with Crippen molar-refractivity contribution in [3.05, 3.63) is 83.0 Å². The van der Waals surface area contributed by atoms with Crippen molar-refractivity contribution in [2.24, 2.45) is 0 Å². The summed E-state index contributed by atoms with van der Waals surface area (Å²) in [6.07, 6.45) is 9.04. The summed E-state index contributed by atoms with van der Waals surface area (Å²) in [5, 5.41) is 3.80. The first-order valence-electron chi connectivity index (χ1n) is 12.0. The number of nitrogen functional groups attached to an aromatic ring is 2. The Morgan fingerprint density at radius 2 is 1.18 bits per heavy atom. The Balaban J connectivity index is 0.000000126. The number of nitrogens with two attached hydrogens (primary N) is 2. The molecule has 0 amide bonds. The van der Waals surface area contributed by atoms with Crippen LogP contribution in [0.3, 0.4) is 0 Å². The van der Waals surface area contributed by atoms with Crippen molar-refractivity contribution in [3.8, 4) is 0 Å². The molecule has 0 spiro atoms. The zero-order valence-corrected chi connectivity index (χ0v) is 20.0. The minimum absolute atomic E-state index is 0.718. The fraction of sp³-hybridized carbons (Fsp3) is 0.241. The summed E-state index contributed by atoms with van der Waals surface area (Å²) in [6.45, 7) is 0. The van der Waals surface area contributed by atoms with Crippen LogP contribution in [0.15, 0.2) is 66.7 Å². The van der Waals surface area contributed by atoms with E-state index in [1.54, 1.807) is 0 Å². The SMILES string of the molecule is C1CC1.Nc1c2c(nc3cc(Cl)ccc13)CCCC2.Nc1c2ccccc2nc2ccccc12. The van der Waals surface area contributed by atoms with E-state index < -0.39 is 0 Å². The van der Waals surface area contributed by atoms with Crippen LogP contribution in [-0.4, -0.2) is 9.97 Å². The lowest BCUT2D eigenvalue weighted by Gasteiger charge is -2.18. The number of para-hydroxylation sites is 2. The first kappa shape index (κ1) is 22.4. The van der Waals surface area contributed by atoms with E-state index in [9.17, 15) is 0 Å². The Kier molecular flexibility index (Phi) is 6.50. The predicted molar refractivity (Wildman–Crippen MR) is 145 cm³/mol. The van der Waals surface area contributed by atoms with E-state index >= 15 is 0 Å². The molecule has 5 heteroatoms.